The third kappa shape index (κ3) is 5.37. The minimum Gasteiger partial charge on any atom is -0.372 e. The first kappa shape index (κ1) is 22.5. The number of amides is 2. The summed E-state index contributed by atoms with van der Waals surface area (Å²) in [7, 11) is 0. The summed E-state index contributed by atoms with van der Waals surface area (Å²) in [6, 6.07) is 13.9. The molecule has 0 spiro atoms. The van der Waals surface area contributed by atoms with Gasteiger partial charge in [-0.15, -0.1) is 0 Å². The van der Waals surface area contributed by atoms with Crippen LogP contribution in [-0.2, 0) is 9.59 Å². The minimum atomic E-state index is -0.141. The Bertz CT molecular complexity index is 859. The van der Waals surface area contributed by atoms with Crippen molar-refractivity contribution in [3.63, 3.8) is 0 Å². The number of nitrogens with zero attached hydrogens (tertiary/aromatic N) is 3. The first-order valence-corrected chi connectivity index (χ1v) is 10.3. The summed E-state index contributed by atoms with van der Waals surface area (Å²) in [5, 5.41) is 0. The molecule has 2 amide bonds. The maximum Gasteiger partial charge on any atom is 0.247 e. The predicted octanol–water partition coefficient (Wildman–Crippen LogP) is 4.56. The molecule has 0 radical (unpaired) electrons. The summed E-state index contributed by atoms with van der Waals surface area (Å²) >= 11 is 0. The van der Waals surface area contributed by atoms with Crippen LogP contribution in [-0.4, -0.2) is 38.0 Å². The average molecular weight is 396 g/mol. The molecule has 0 saturated heterocycles. The van der Waals surface area contributed by atoms with E-state index in [1.807, 2.05) is 57.2 Å². The zero-order valence-electron chi connectivity index (χ0n) is 18.5. The Morgan fingerprint density at radius 2 is 1.52 bits per heavy atom. The van der Waals surface area contributed by atoms with Crippen molar-refractivity contribution in [1.29, 1.82) is 0 Å². The van der Waals surface area contributed by atoms with Gasteiger partial charge in [0.25, 0.3) is 0 Å². The molecular weight excluding hydrogens is 362 g/mol. The molecule has 2 aromatic rings. The fraction of sp³-hybridized carbons (Fsp3) is 0.417. The van der Waals surface area contributed by atoms with Crippen molar-refractivity contribution in [3.05, 3.63) is 53.6 Å². The van der Waals surface area contributed by atoms with Gasteiger partial charge in [-0.05, 0) is 76.1 Å². The van der Waals surface area contributed by atoms with E-state index < -0.39 is 0 Å². The molecule has 0 atom stereocenters. The first-order chi connectivity index (χ1) is 13.8. The van der Waals surface area contributed by atoms with E-state index in [1.165, 1.54) is 6.92 Å². The molecule has 0 fully saturated rings. The zero-order valence-corrected chi connectivity index (χ0v) is 18.5. The predicted molar refractivity (Wildman–Crippen MR) is 122 cm³/mol. The number of carbonyl (C=O) groups is 2. The smallest absolute Gasteiger partial charge is 0.247 e. The lowest BCUT2D eigenvalue weighted by Gasteiger charge is -2.28. The highest BCUT2D eigenvalue weighted by molar-refractivity contribution is 6.03. The van der Waals surface area contributed by atoms with Crippen LogP contribution in [0.15, 0.2) is 42.5 Å². The van der Waals surface area contributed by atoms with E-state index in [1.54, 1.807) is 9.80 Å². The van der Waals surface area contributed by atoms with E-state index in [2.05, 4.69) is 24.8 Å². The zero-order chi connectivity index (χ0) is 21.6. The van der Waals surface area contributed by atoms with Crippen molar-refractivity contribution in [2.45, 2.75) is 41.5 Å². The number of likely N-dealkylation sites (N-methyl/N-ethyl adjacent to an activating group) is 1. The van der Waals surface area contributed by atoms with Crippen LogP contribution >= 0.6 is 0 Å². The average Bonchev–Trinajstić information content (AvgIpc) is 2.68. The van der Waals surface area contributed by atoms with Crippen molar-refractivity contribution < 1.29 is 9.59 Å². The maximum atomic E-state index is 13.1. The van der Waals surface area contributed by atoms with Crippen molar-refractivity contribution >= 4 is 28.9 Å². The van der Waals surface area contributed by atoms with Crippen molar-refractivity contribution in [3.8, 4) is 0 Å². The van der Waals surface area contributed by atoms with Crippen LogP contribution in [0.4, 0.5) is 17.1 Å². The molecule has 0 aliphatic heterocycles. The second kappa shape index (κ2) is 10.1. The summed E-state index contributed by atoms with van der Waals surface area (Å²) < 4.78 is 0. The highest BCUT2D eigenvalue weighted by atomic mass is 16.2. The van der Waals surface area contributed by atoms with Crippen LogP contribution in [0, 0.1) is 13.8 Å². The molecule has 0 bridgehead atoms. The minimum absolute atomic E-state index is 0.0164. The van der Waals surface area contributed by atoms with Crippen LogP contribution in [0.3, 0.4) is 0 Å². The number of hydrogen-bond donors (Lipinski definition) is 0. The van der Waals surface area contributed by atoms with Crippen LogP contribution in [0.1, 0.15) is 38.8 Å². The summed E-state index contributed by atoms with van der Waals surface area (Å²) in [4.78, 5) is 31.0. The Balaban J connectivity index is 2.30. The number of aryl methyl sites for hydroxylation is 2. The van der Waals surface area contributed by atoms with Crippen molar-refractivity contribution in [1.82, 2.24) is 0 Å². The number of benzene rings is 2. The molecule has 29 heavy (non-hydrogen) atoms. The van der Waals surface area contributed by atoms with Gasteiger partial charge < -0.3 is 14.7 Å². The van der Waals surface area contributed by atoms with Gasteiger partial charge in [-0.2, -0.15) is 0 Å². The van der Waals surface area contributed by atoms with Gasteiger partial charge in [0.15, 0.2) is 0 Å². The van der Waals surface area contributed by atoms with Crippen LogP contribution in [0.2, 0.25) is 0 Å². The molecular formula is C24H33N3O2. The van der Waals surface area contributed by atoms with E-state index >= 15 is 0 Å². The first-order valence-electron chi connectivity index (χ1n) is 10.3. The quantitative estimate of drug-likeness (QED) is 0.658. The lowest BCUT2D eigenvalue weighted by atomic mass is 10.1. The number of hydrogen-bond acceptors (Lipinski definition) is 3. The lowest BCUT2D eigenvalue weighted by molar-refractivity contribution is -0.121. The molecule has 2 aromatic carbocycles. The molecule has 2 rings (SSSR count). The summed E-state index contributed by atoms with van der Waals surface area (Å²) in [6.45, 7) is 14.1. The summed E-state index contributed by atoms with van der Waals surface area (Å²) in [5.74, 6) is -0.238. The normalized spacial score (nSPS) is 10.6. The van der Waals surface area contributed by atoms with Gasteiger partial charge in [0.05, 0.1) is 0 Å². The SMILES string of the molecule is CCN(CC)c1ccc(N(CC(=O)N(CC)c2cccc(C)c2)C(C)=O)c(C)c1. The van der Waals surface area contributed by atoms with E-state index in [9.17, 15) is 9.59 Å². The highest BCUT2D eigenvalue weighted by Gasteiger charge is 2.22. The highest BCUT2D eigenvalue weighted by Crippen LogP contribution is 2.26. The van der Waals surface area contributed by atoms with E-state index in [-0.39, 0.29) is 18.4 Å². The molecule has 0 aliphatic carbocycles. The third-order valence-corrected chi connectivity index (χ3v) is 5.20. The Hall–Kier alpha value is -2.82. The maximum absolute atomic E-state index is 13.1. The fourth-order valence-corrected chi connectivity index (χ4v) is 3.61. The van der Waals surface area contributed by atoms with Crippen LogP contribution in [0.5, 0.6) is 0 Å². The fourth-order valence-electron chi connectivity index (χ4n) is 3.61. The number of carbonyl (C=O) groups excluding carboxylic acids is 2. The molecule has 0 saturated carbocycles. The topological polar surface area (TPSA) is 43.9 Å². The van der Waals surface area contributed by atoms with Crippen LogP contribution < -0.4 is 14.7 Å². The molecule has 0 aliphatic rings. The Morgan fingerprint density at radius 3 is 2.03 bits per heavy atom. The molecule has 0 heterocycles. The second-order valence-corrected chi connectivity index (χ2v) is 7.23. The number of anilines is 3. The third-order valence-electron chi connectivity index (χ3n) is 5.20. The molecule has 5 heteroatoms. The monoisotopic (exact) mass is 395 g/mol. The Morgan fingerprint density at radius 1 is 0.828 bits per heavy atom. The summed E-state index contributed by atoms with van der Waals surface area (Å²) in [6.07, 6.45) is 0. The standard InChI is InChI=1S/C24H33N3O2/c1-7-25(8-2)21-13-14-23(19(5)16-21)27(20(6)28)17-24(29)26(9-3)22-12-10-11-18(4)15-22/h10-16H,7-9,17H2,1-6H3. The van der Waals surface area contributed by atoms with Crippen molar-refractivity contribution in [2.24, 2.45) is 0 Å². The van der Waals surface area contributed by atoms with Gasteiger partial charge in [-0.1, -0.05) is 12.1 Å². The van der Waals surface area contributed by atoms with Crippen molar-refractivity contribution in [2.75, 3.05) is 40.9 Å². The van der Waals surface area contributed by atoms with Gasteiger partial charge in [-0.25, -0.2) is 0 Å². The van der Waals surface area contributed by atoms with Gasteiger partial charge in [0.1, 0.15) is 6.54 Å². The molecule has 0 N–H and O–H groups in total. The Kier molecular flexibility index (Phi) is 7.82. The van der Waals surface area contributed by atoms with E-state index in [0.29, 0.717) is 6.54 Å². The Labute approximate surface area is 174 Å². The van der Waals surface area contributed by atoms with Gasteiger partial charge in [0, 0.05) is 43.6 Å². The lowest BCUT2D eigenvalue weighted by Crippen LogP contribution is -2.42. The van der Waals surface area contributed by atoms with E-state index in [4.69, 9.17) is 0 Å². The number of rotatable bonds is 8. The molecule has 156 valence electrons. The van der Waals surface area contributed by atoms with Gasteiger partial charge in [-0.3, -0.25) is 9.59 Å². The van der Waals surface area contributed by atoms with Crippen LogP contribution in [0.25, 0.3) is 0 Å². The van der Waals surface area contributed by atoms with Gasteiger partial charge in [0.2, 0.25) is 11.8 Å². The molecule has 5 nitrogen and oxygen atoms in total. The largest absolute Gasteiger partial charge is 0.372 e. The second-order valence-electron chi connectivity index (χ2n) is 7.23. The van der Waals surface area contributed by atoms with Gasteiger partial charge >= 0.3 is 0 Å². The summed E-state index contributed by atoms with van der Waals surface area (Å²) in [5.41, 5.74) is 4.84. The van der Waals surface area contributed by atoms with E-state index in [0.717, 1.165) is 41.3 Å². The molecule has 0 aromatic heterocycles. The molecule has 0 unspecified atom stereocenters.